The maximum atomic E-state index is 13.5. The molecule has 316 valence electrons. The van der Waals surface area contributed by atoms with E-state index in [0.29, 0.717) is 83.4 Å². The number of allylic oxidation sites excluding steroid dienone is 1. The Bertz CT molecular complexity index is 2540. The lowest BCUT2D eigenvalue weighted by molar-refractivity contribution is 0.0322. The predicted octanol–water partition coefficient (Wildman–Crippen LogP) is 8.15. The quantitative estimate of drug-likeness (QED) is 0.0445. The van der Waals surface area contributed by atoms with Gasteiger partial charge in [-0.25, -0.2) is 18.2 Å². The third-order valence-electron chi connectivity index (χ3n) is 9.26. The molecule has 5 N–H and O–H groups in total. The lowest BCUT2D eigenvalue weighted by Gasteiger charge is -2.26. The number of nitrogens with zero attached hydrogens (tertiary/aromatic N) is 3. The molecule has 2 amide bonds. The number of fused-ring (bicyclic) bond motifs is 1. The van der Waals surface area contributed by atoms with Gasteiger partial charge in [0.25, 0.3) is 0 Å². The van der Waals surface area contributed by atoms with Crippen LogP contribution in [0.3, 0.4) is 0 Å². The molecule has 0 spiro atoms. The Balaban J connectivity index is 1.16. The van der Waals surface area contributed by atoms with Gasteiger partial charge < -0.3 is 40.1 Å². The summed E-state index contributed by atoms with van der Waals surface area (Å²) < 4.78 is 55.3. The van der Waals surface area contributed by atoms with Gasteiger partial charge in [0.1, 0.15) is 23.9 Å². The molecule has 0 atom stereocenters. The number of carbonyl (C=O) groups excluding carboxylic acids is 1. The van der Waals surface area contributed by atoms with E-state index in [1.807, 2.05) is 62.4 Å². The highest BCUT2D eigenvalue weighted by Crippen LogP contribution is 2.40. The SMILES string of the molecule is CC(C)C(=N)/C=C(/NC(=O)Nc1ccc(Oc2ccnc(Nc3cc(OCCN4CCOCC4)cc(S(C)(=O)=O)c3)n2)c2ccccc12)Nc1cccc(CP(C)(C)=O)c1. The lowest BCUT2D eigenvalue weighted by atomic mass is 10.1. The molecular weight excluding hydrogens is 804 g/mol. The van der Waals surface area contributed by atoms with E-state index in [0.717, 1.165) is 24.9 Å². The second-order valence-electron chi connectivity index (χ2n) is 15.2. The van der Waals surface area contributed by atoms with Crippen molar-refractivity contribution in [3.63, 3.8) is 0 Å². The van der Waals surface area contributed by atoms with Gasteiger partial charge in [0.2, 0.25) is 11.8 Å². The summed E-state index contributed by atoms with van der Waals surface area (Å²) in [6, 6.07) is 24.1. The van der Waals surface area contributed by atoms with Crippen molar-refractivity contribution in [2.75, 3.05) is 75.0 Å². The number of aromatic nitrogens is 2. The molecule has 2 heterocycles. The van der Waals surface area contributed by atoms with E-state index < -0.39 is 23.0 Å². The van der Waals surface area contributed by atoms with Crippen LogP contribution < -0.4 is 30.7 Å². The molecule has 0 radical (unpaired) electrons. The molecular formula is C43H51N8O7PS. The molecule has 5 aromatic rings. The molecule has 6 rings (SSSR count). The summed E-state index contributed by atoms with van der Waals surface area (Å²) in [5, 5.41) is 21.9. The molecule has 4 aromatic carbocycles. The predicted molar refractivity (Wildman–Crippen MR) is 238 cm³/mol. The van der Waals surface area contributed by atoms with Crippen molar-refractivity contribution in [3.05, 3.63) is 109 Å². The maximum Gasteiger partial charge on any atom is 0.324 e. The molecule has 0 saturated carbocycles. The highest BCUT2D eigenvalue weighted by Gasteiger charge is 2.17. The number of urea groups is 1. The molecule has 0 bridgehead atoms. The first-order valence-electron chi connectivity index (χ1n) is 19.4. The standard InChI is InChI=1S/C43H51N8O7PS/c1-29(2)37(44)27-40(46-31-10-8-9-30(23-31)28-59(3,4)53)49-43(52)48-38-13-14-39(36-12-7-6-11-35(36)38)58-41-15-16-45-42(50-41)47-32-24-33(26-34(25-32)60(5,54)55)57-22-19-51-17-20-56-21-18-51/h6-16,23-27,29,44,46H,17-22,28H2,1-5H3,(H,45,47,50)(H2,48,49,52)/b40-27+,44-37?. The van der Waals surface area contributed by atoms with Crippen molar-refractivity contribution in [1.29, 1.82) is 5.41 Å². The zero-order valence-electron chi connectivity index (χ0n) is 34.3. The second kappa shape index (κ2) is 19.5. The molecule has 1 aliphatic heterocycles. The Hall–Kier alpha value is -5.80. The fourth-order valence-corrected chi connectivity index (χ4v) is 8.02. The summed E-state index contributed by atoms with van der Waals surface area (Å²) in [6.45, 7) is 11.3. The van der Waals surface area contributed by atoms with Crippen molar-refractivity contribution in [2.24, 2.45) is 5.92 Å². The number of carbonyl (C=O) groups is 1. The number of ether oxygens (including phenoxy) is 3. The normalized spacial score (nSPS) is 13.8. The summed E-state index contributed by atoms with van der Waals surface area (Å²) in [5.41, 5.74) is 2.81. The van der Waals surface area contributed by atoms with Gasteiger partial charge >= 0.3 is 6.03 Å². The lowest BCUT2D eigenvalue weighted by Crippen LogP contribution is -2.38. The summed E-state index contributed by atoms with van der Waals surface area (Å²) in [5.74, 6) is 1.45. The van der Waals surface area contributed by atoms with Crippen LogP contribution in [0.4, 0.5) is 27.8 Å². The molecule has 0 aliphatic carbocycles. The van der Waals surface area contributed by atoms with E-state index in [2.05, 4.69) is 36.1 Å². The van der Waals surface area contributed by atoms with Crippen LogP contribution in [0.5, 0.6) is 17.4 Å². The van der Waals surface area contributed by atoms with Crippen molar-refractivity contribution in [2.45, 2.75) is 24.9 Å². The molecule has 17 heteroatoms. The highest BCUT2D eigenvalue weighted by atomic mass is 32.2. The van der Waals surface area contributed by atoms with E-state index in [9.17, 15) is 17.8 Å². The number of hydrogen-bond donors (Lipinski definition) is 5. The average Bonchev–Trinajstić information content (AvgIpc) is 3.18. The van der Waals surface area contributed by atoms with E-state index in [-0.39, 0.29) is 22.6 Å². The maximum absolute atomic E-state index is 13.5. The van der Waals surface area contributed by atoms with Crippen molar-refractivity contribution in [1.82, 2.24) is 20.2 Å². The van der Waals surface area contributed by atoms with Crippen LogP contribution in [0.15, 0.2) is 108 Å². The van der Waals surface area contributed by atoms with Gasteiger partial charge in [-0.2, -0.15) is 4.98 Å². The van der Waals surface area contributed by atoms with E-state index >= 15 is 0 Å². The van der Waals surface area contributed by atoms with Gasteiger partial charge in [0.15, 0.2) is 9.84 Å². The van der Waals surface area contributed by atoms with E-state index in [1.165, 1.54) is 18.3 Å². The van der Waals surface area contributed by atoms with Gasteiger partial charge in [0, 0.05) is 78.2 Å². The first kappa shape index (κ1) is 43.8. The van der Waals surface area contributed by atoms with Crippen molar-refractivity contribution < 1.29 is 32.0 Å². The molecule has 1 saturated heterocycles. The molecule has 60 heavy (non-hydrogen) atoms. The van der Waals surface area contributed by atoms with Crippen molar-refractivity contribution in [3.8, 4) is 17.4 Å². The minimum atomic E-state index is -3.57. The first-order valence-corrected chi connectivity index (χ1v) is 24.1. The number of anilines is 4. The van der Waals surface area contributed by atoms with Gasteiger partial charge in [-0.3, -0.25) is 10.2 Å². The molecule has 1 aliphatic rings. The summed E-state index contributed by atoms with van der Waals surface area (Å²) in [7, 11) is -5.88. The molecule has 0 unspecified atom stereocenters. The average molecular weight is 855 g/mol. The van der Waals surface area contributed by atoms with Crippen LogP contribution in [0.25, 0.3) is 10.8 Å². The molecule has 1 aromatic heterocycles. The topological polar surface area (TPSA) is 197 Å². The van der Waals surface area contributed by atoms with Crippen LogP contribution in [0, 0.1) is 11.3 Å². The number of hydrogen-bond acceptors (Lipinski definition) is 13. The van der Waals surface area contributed by atoms with Crippen LogP contribution >= 0.6 is 7.14 Å². The Morgan fingerprint density at radius 2 is 1.73 bits per heavy atom. The van der Waals surface area contributed by atoms with Crippen LogP contribution in [-0.4, -0.2) is 94.1 Å². The van der Waals surface area contributed by atoms with Gasteiger partial charge in [-0.15, -0.1) is 0 Å². The number of amides is 2. The smallest absolute Gasteiger partial charge is 0.324 e. The summed E-state index contributed by atoms with van der Waals surface area (Å²) in [6.07, 6.45) is 4.67. The minimum absolute atomic E-state index is 0.0841. The third kappa shape index (κ3) is 12.8. The minimum Gasteiger partial charge on any atom is -0.492 e. The van der Waals surface area contributed by atoms with Crippen LogP contribution in [-0.2, 0) is 25.3 Å². The summed E-state index contributed by atoms with van der Waals surface area (Å²) >= 11 is 0. The zero-order chi connectivity index (χ0) is 42.9. The number of benzene rings is 4. The van der Waals surface area contributed by atoms with Gasteiger partial charge in [-0.1, -0.05) is 50.2 Å². The molecule has 15 nitrogen and oxygen atoms in total. The Kier molecular flexibility index (Phi) is 14.2. The van der Waals surface area contributed by atoms with Crippen molar-refractivity contribution >= 4 is 62.5 Å². The fraction of sp³-hybridized carbons (Fsp3) is 0.302. The monoisotopic (exact) mass is 854 g/mol. The third-order valence-corrected chi connectivity index (χ3v) is 11.5. The first-order chi connectivity index (χ1) is 28.6. The highest BCUT2D eigenvalue weighted by molar-refractivity contribution is 7.90. The Labute approximate surface area is 350 Å². The van der Waals surface area contributed by atoms with E-state index in [4.69, 9.17) is 19.6 Å². The number of morpholine rings is 1. The van der Waals surface area contributed by atoms with Gasteiger partial charge in [0.05, 0.1) is 30.9 Å². The van der Waals surface area contributed by atoms with Gasteiger partial charge in [-0.05, 0) is 67.3 Å². The number of rotatable bonds is 17. The Morgan fingerprint density at radius 3 is 2.47 bits per heavy atom. The number of nitrogens with one attached hydrogen (secondary N) is 5. The summed E-state index contributed by atoms with van der Waals surface area (Å²) in [4.78, 5) is 24.7. The largest absolute Gasteiger partial charge is 0.492 e. The fourth-order valence-electron chi connectivity index (χ4n) is 6.27. The van der Waals surface area contributed by atoms with Crippen LogP contribution in [0.2, 0.25) is 0 Å². The Morgan fingerprint density at radius 1 is 0.967 bits per heavy atom. The van der Waals surface area contributed by atoms with E-state index in [1.54, 1.807) is 43.7 Å². The van der Waals surface area contributed by atoms with Crippen LogP contribution in [0.1, 0.15) is 19.4 Å². The molecule has 1 fully saturated rings. The number of sulfone groups is 1. The second-order valence-corrected chi connectivity index (χ2v) is 20.7. The zero-order valence-corrected chi connectivity index (χ0v) is 36.0.